The Labute approximate surface area is 215 Å². The lowest BCUT2D eigenvalue weighted by molar-refractivity contribution is -0.139. The maximum absolute atomic E-state index is 13.3. The molecule has 1 aliphatic heterocycles. The standard InChI is InChI=1S/C25H20Cl2FNO5S/c1-33-23-15(12-16(26)24(34-2)19(23)27)21(30)18-20(17-4-3-11-35-17)29(25(32)22(18)31)10-9-13-5-7-14(28)8-6-13/h3-8,11-12,20,30H,9-10H2,1-2H3/b21-18-. The average Bonchev–Trinajstić information content (AvgIpc) is 3.45. The average molecular weight is 536 g/mol. The van der Waals surface area contributed by atoms with Gasteiger partial charge in [0.05, 0.1) is 36.4 Å². The summed E-state index contributed by atoms with van der Waals surface area (Å²) in [5.41, 5.74) is 0.752. The second kappa shape index (κ2) is 10.3. The van der Waals surface area contributed by atoms with Gasteiger partial charge in [-0.05, 0) is 41.6 Å². The molecule has 1 aromatic heterocycles. The number of benzene rings is 2. The fraction of sp³-hybridized carbons (Fsp3) is 0.200. The van der Waals surface area contributed by atoms with Crippen molar-refractivity contribution in [2.24, 2.45) is 0 Å². The van der Waals surface area contributed by atoms with Gasteiger partial charge in [-0.15, -0.1) is 11.3 Å². The molecular weight excluding hydrogens is 516 g/mol. The number of ether oxygens (including phenoxy) is 2. The second-order valence-electron chi connectivity index (χ2n) is 7.67. The van der Waals surface area contributed by atoms with E-state index in [2.05, 4.69) is 0 Å². The molecule has 2 aromatic carbocycles. The highest BCUT2D eigenvalue weighted by Gasteiger charge is 2.46. The minimum absolute atomic E-state index is 0.0160. The number of carbonyl (C=O) groups excluding carboxylic acids is 2. The van der Waals surface area contributed by atoms with Crippen LogP contribution in [0.5, 0.6) is 11.5 Å². The summed E-state index contributed by atoms with van der Waals surface area (Å²) in [6.45, 7) is 0.177. The van der Waals surface area contributed by atoms with Crippen molar-refractivity contribution in [3.8, 4) is 11.5 Å². The molecule has 1 aliphatic rings. The lowest BCUT2D eigenvalue weighted by atomic mass is 9.99. The fourth-order valence-corrected chi connectivity index (χ4v) is 5.58. The quantitative estimate of drug-likeness (QED) is 0.232. The zero-order chi connectivity index (χ0) is 25.3. The Morgan fingerprint density at radius 1 is 1.11 bits per heavy atom. The van der Waals surface area contributed by atoms with Crippen LogP contribution in [0, 0.1) is 5.82 Å². The third-order valence-corrected chi connectivity index (χ3v) is 7.25. The van der Waals surface area contributed by atoms with Crippen molar-refractivity contribution in [3.05, 3.63) is 85.3 Å². The van der Waals surface area contributed by atoms with E-state index in [0.717, 1.165) is 5.56 Å². The van der Waals surface area contributed by atoms with Crippen LogP contribution in [-0.4, -0.2) is 42.5 Å². The van der Waals surface area contributed by atoms with Crippen molar-refractivity contribution in [2.75, 3.05) is 20.8 Å². The lowest BCUT2D eigenvalue weighted by Gasteiger charge is -2.24. The minimum Gasteiger partial charge on any atom is -0.507 e. The molecule has 1 atom stereocenters. The highest BCUT2D eigenvalue weighted by Crippen LogP contribution is 2.47. The molecule has 1 saturated heterocycles. The van der Waals surface area contributed by atoms with Gasteiger partial charge >= 0.3 is 0 Å². The summed E-state index contributed by atoms with van der Waals surface area (Å²) in [6, 6.07) is 10.0. The van der Waals surface area contributed by atoms with E-state index in [1.165, 1.54) is 48.7 Å². The maximum Gasteiger partial charge on any atom is 0.295 e. The van der Waals surface area contributed by atoms with Gasteiger partial charge in [0.25, 0.3) is 11.7 Å². The van der Waals surface area contributed by atoms with Crippen LogP contribution in [0.3, 0.4) is 0 Å². The summed E-state index contributed by atoms with van der Waals surface area (Å²) in [4.78, 5) is 28.4. The highest BCUT2D eigenvalue weighted by atomic mass is 35.5. The van der Waals surface area contributed by atoms with Crippen LogP contribution in [0.25, 0.3) is 5.76 Å². The van der Waals surface area contributed by atoms with Gasteiger partial charge in [-0.3, -0.25) is 9.59 Å². The van der Waals surface area contributed by atoms with E-state index >= 15 is 0 Å². The van der Waals surface area contributed by atoms with Gasteiger partial charge in [0.1, 0.15) is 16.6 Å². The number of aliphatic hydroxyl groups is 1. The number of likely N-dealkylation sites (tertiary alicyclic amines) is 1. The topological polar surface area (TPSA) is 76.1 Å². The number of halogens is 3. The number of rotatable bonds is 7. The number of amides is 1. The molecule has 10 heteroatoms. The van der Waals surface area contributed by atoms with Gasteiger partial charge in [-0.2, -0.15) is 0 Å². The molecule has 1 fully saturated rings. The molecule has 0 spiro atoms. The van der Waals surface area contributed by atoms with Crippen molar-refractivity contribution >= 4 is 52.0 Å². The maximum atomic E-state index is 13.3. The number of hydrogen-bond donors (Lipinski definition) is 1. The van der Waals surface area contributed by atoms with Gasteiger partial charge in [0, 0.05) is 11.4 Å². The number of nitrogens with zero attached hydrogens (tertiary/aromatic N) is 1. The van der Waals surface area contributed by atoms with Crippen molar-refractivity contribution in [2.45, 2.75) is 12.5 Å². The van der Waals surface area contributed by atoms with Crippen molar-refractivity contribution < 1.29 is 28.6 Å². The molecule has 0 bridgehead atoms. The van der Waals surface area contributed by atoms with Crippen LogP contribution in [0.2, 0.25) is 10.0 Å². The smallest absolute Gasteiger partial charge is 0.295 e. The summed E-state index contributed by atoms with van der Waals surface area (Å²) >= 11 is 14.0. The number of carbonyl (C=O) groups is 2. The first-order valence-corrected chi connectivity index (χ1v) is 12.1. The highest BCUT2D eigenvalue weighted by molar-refractivity contribution is 7.10. The Morgan fingerprint density at radius 3 is 2.40 bits per heavy atom. The number of ketones is 1. The van der Waals surface area contributed by atoms with Crippen LogP contribution >= 0.6 is 34.5 Å². The second-order valence-corrected chi connectivity index (χ2v) is 9.44. The van der Waals surface area contributed by atoms with E-state index in [-0.39, 0.29) is 45.0 Å². The first-order valence-electron chi connectivity index (χ1n) is 10.4. The molecule has 1 amide bonds. The van der Waals surface area contributed by atoms with Crippen LogP contribution in [-0.2, 0) is 16.0 Å². The van der Waals surface area contributed by atoms with Gasteiger partial charge < -0.3 is 19.5 Å². The van der Waals surface area contributed by atoms with E-state index in [0.29, 0.717) is 11.3 Å². The molecule has 0 aliphatic carbocycles. The predicted molar refractivity (Wildman–Crippen MR) is 133 cm³/mol. The van der Waals surface area contributed by atoms with E-state index in [1.54, 1.807) is 24.3 Å². The fourth-order valence-electron chi connectivity index (χ4n) is 4.05. The number of Topliss-reactive ketones (excluding diaryl/α,β-unsaturated/α-hetero) is 1. The van der Waals surface area contributed by atoms with Gasteiger partial charge in [0.15, 0.2) is 11.5 Å². The number of aliphatic hydroxyl groups excluding tert-OH is 1. The SMILES string of the molecule is COc1c(Cl)cc(/C(O)=C2/C(=O)C(=O)N(CCc3ccc(F)cc3)C2c2cccs2)c(OC)c1Cl. The van der Waals surface area contributed by atoms with Crippen molar-refractivity contribution in [3.63, 3.8) is 0 Å². The summed E-state index contributed by atoms with van der Waals surface area (Å²) in [5.74, 6) is -2.22. The molecule has 2 heterocycles. The summed E-state index contributed by atoms with van der Waals surface area (Å²) < 4.78 is 23.9. The Balaban J connectivity index is 1.82. The van der Waals surface area contributed by atoms with Gasteiger partial charge in [-0.25, -0.2) is 4.39 Å². The Morgan fingerprint density at radius 2 is 1.80 bits per heavy atom. The number of methoxy groups -OCH3 is 2. The molecule has 0 radical (unpaired) electrons. The molecule has 35 heavy (non-hydrogen) atoms. The number of hydrogen-bond acceptors (Lipinski definition) is 6. The molecule has 1 unspecified atom stereocenters. The molecular formula is C25H20Cl2FNO5S. The first-order chi connectivity index (χ1) is 16.8. The van der Waals surface area contributed by atoms with Gasteiger partial charge in [-0.1, -0.05) is 41.4 Å². The summed E-state index contributed by atoms with van der Waals surface area (Å²) in [6.07, 6.45) is 0.388. The van der Waals surface area contributed by atoms with E-state index in [4.69, 9.17) is 32.7 Å². The summed E-state index contributed by atoms with van der Waals surface area (Å²) in [5, 5.41) is 13.3. The molecule has 1 N–H and O–H groups in total. The van der Waals surface area contributed by atoms with Crippen molar-refractivity contribution in [1.82, 2.24) is 4.90 Å². The molecule has 182 valence electrons. The normalized spacial score (nSPS) is 17.2. The third-order valence-electron chi connectivity index (χ3n) is 5.70. The molecule has 3 aromatic rings. The van der Waals surface area contributed by atoms with Crippen LogP contribution < -0.4 is 9.47 Å². The Kier molecular flexibility index (Phi) is 7.35. The van der Waals surface area contributed by atoms with E-state index in [9.17, 15) is 19.1 Å². The number of thiophene rings is 1. The first kappa shape index (κ1) is 25.0. The largest absolute Gasteiger partial charge is 0.507 e. The minimum atomic E-state index is -0.842. The van der Waals surface area contributed by atoms with Crippen LogP contribution in [0.4, 0.5) is 4.39 Å². The van der Waals surface area contributed by atoms with Crippen LogP contribution in [0.1, 0.15) is 22.0 Å². The van der Waals surface area contributed by atoms with Crippen LogP contribution in [0.15, 0.2) is 53.4 Å². The lowest BCUT2D eigenvalue weighted by Crippen LogP contribution is -2.31. The van der Waals surface area contributed by atoms with Gasteiger partial charge in [0.2, 0.25) is 0 Å². The molecule has 0 saturated carbocycles. The monoisotopic (exact) mass is 535 g/mol. The zero-order valence-corrected chi connectivity index (χ0v) is 21.0. The predicted octanol–water partition coefficient (Wildman–Crippen LogP) is 5.88. The van der Waals surface area contributed by atoms with Crippen molar-refractivity contribution in [1.29, 1.82) is 0 Å². The third kappa shape index (κ3) is 4.61. The van der Waals surface area contributed by atoms with E-state index in [1.807, 2.05) is 5.38 Å². The Hall–Kier alpha value is -3.07. The summed E-state index contributed by atoms with van der Waals surface area (Å²) in [7, 11) is 2.74. The van der Waals surface area contributed by atoms with E-state index < -0.39 is 23.5 Å². The zero-order valence-electron chi connectivity index (χ0n) is 18.7. The molecule has 4 rings (SSSR count). The Bertz CT molecular complexity index is 1310. The molecule has 6 nitrogen and oxygen atoms in total.